The molecule has 1 N–H and O–H groups in total. The SMILES string of the molecule is CC(C)(C)OC(=O)N(CC1CC1)c1cc(-c2nc(C(=O)Nc3cn(-c4ccc(C=O)cc4)nc3C#N)co2)ccn1. The zero-order valence-corrected chi connectivity index (χ0v) is 22.7. The highest BCUT2D eigenvalue weighted by atomic mass is 16.6. The minimum atomic E-state index is -0.662. The van der Waals surface area contributed by atoms with Crippen LogP contribution in [0.4, 0.5) is 16.3 Å². The molecule has 12 heteroatoms. The Balaban J connectivity index is 1.34. The van der Waals surface area contributed by atoms with E-state index < -0.39 is 17.6 Å². The molecule has 0 aliphatic heterocycles. The first-order valence-corrected chi connectivity index (χ1v) is 12.9. The molecule has 12 nitrogen and oxygen atoms in total. The van der Waals surface area contributed by atoms with Crippen molar-refractivity contribution in [3.05, 3.63) is 72.0 Å². The molecule has 1 saturated carbocycles. The van der Waals surface area contributed by atoms with Gasteiger partial charge in [-0.1, -0.05) is 0 Å². The molecule has 0 bridgehead atoms. The fraction of sp³-hybridized carbons (Fsp3) is 0.276. The van der Waals surface area contributed by atoms with Crippen LogP contribution in [0.3, 0.4) is 0 Å². The van der Waals surface area contributed by atoms with Crippen LogP contribution in [-0.2, 0) is 4.74 Å². The second kappa shape index (κ2) is 11.1. The van der Waals surface area contributed by atoms with E-state index in [0.717, 1.165) is 19.1 Å². The van der Waals surface area contributed by atoms with Crippen LogP contribution in [0.5, 0.6) is 0 Å². The maximum Gasteiger partial charge on any atom is 0.416 e. The van der Waals surface area contributed by atoms with Crippen molar-refractivity contribution in [2.75, 3.05) is 16.8 Å². The molecule has 208 valence electrons. The smallest absolute Gasteiger partial charge is 0.416 e. The van der Waals surface area contributed by atoms with E-state index in [4.69, 9.17) is 9.15 Å². The third-order valence-electron chi connectivity index (χ3n) is 6.12. The summed E-state index contributed by atoms with van der Waals surface area (Å²) in [6, 6.07) is 11.9. The van der Waals surface area contributed by atoms with Crippen LogP contribution >= 0.6 is 0 Å². The lowest BCUT2D eigenvalue weighted by Gasteiger charge is -2.27. The molecule has 0 atom stereocenters. The summed E-state index contributed by atoms with van der Waals surface area (Å²) < 4.78 is 12.6. The number of aromatic nitrogens is 4. The van der Waals surface area contributed by atoms with E-state index in [0.29, 0.717) is 35.1 Å². The third-order valence-corrected chi connectivity index (χ3v) is 6.12. The van der Waals surface area contributed by atoms with Crippen LogP contribution in [-0.4, -0.2) is 50.2 Å². The number of nitriles is 1. The normalized spacial score (nSPS) is 12.8. The second-order valence-electron chi connectivity index (χ2n) is 10.6. The van der Waals surface area contributed by atoms with Crippen molar-refractivity contribution >= 4 is 29.8 Å². The number of hydrogen-bond acceptors (Lipinski definition) is 9. The molecule has 41 heavy (non-hydrogen) atoms. The van der Waals surface area contributed by atoms with Crippen molar-refractivity contribution in [1.82, 2.24) is 19.7 Å². The van der Waals surface area contributed by atoms with Gasteiger partial charge in [0.1, 0.15) is 30.0 Å². The highest BCUT2D eigenvalue weighted by molar-refractivity contribution is 6.03. The molecule has 1 aliphatic rings. The molecule has 0 radical (unpaired) electrons. The number of hydrogen-bond donors (Lipinski definition) is 1. The number of anilines is 2. The number of pyridine rings is 1. The van der Waals surface area contributed by atoms with Gasteiger partial charge in [-0.3, -0.25) is 14.5 Å². The highest BCUT2D eigenvalue weighted by Gasteiger charge is 2.31. The van der Waals surface area contributed by atoms with Crippen LogP contribution in [0.15, 0.2) is 59.5 Å². The number of rotatable bonds is 8. The van der Waals surface area contributed by atoms with Crippen molar-refractivity contribution in [2.45, 2.75) is 39.2 Å². The van der Waals surface area contributed by atoms with Crippen LogP contribution < -0.4 is 10.2 Å². The number of nitrogens with one attached hydrogen (secondary N) is 1. The lowest BCUT2D eigenvalue weighted by atomic mass is 10.2. The lowest BCUT2D eigenvalue weighted by molar-refractivity contribution is 0.0577. The Kier molecular flexibility index (Phi) is 7.35. The third kappa shape index (κ3) is 6.47. The minimum Gasteiger partial charge on any atom is -0.444 e. The minimum absolute atomic E-state index is 0.00166. The molecule has 1 aromatic carbocycles. The average Bonchev–Trinajstić information content (AvgIpc) is 3.47. The Labute approximate surface area is 235 Å². The van der Waals surface area contributed by atoms with E-state index >= 15 is 0 Å². The molecule has 0 saturated heterocycles. The first-order valence-electron chi connectivity index (χ1n) is 12.9. The average molecular weight is 554 g/mol. The summed E-state index contributed by atoms with van der Waals surface area (Å²) in [7, 11) is 0. The Bertz CT molecular complexity index is 1640. The van der Waals surface area contributed by atoms with E-state index in [-0.39, 0.29) is 23.0 Å². The topological polar surface area (TPSA) is 156 Å². The Hall–Kier alpha value is -5.31. The molecule has 3 aromatic heterocycles. The van der Waals surface area contributed by atoms with E-state index in [9.17, 15) is 19.6 Å². The first kappa shape index (κ1) is 27.3. The summed E-state index contributed by atoms with van der Waals surface area (Å²) >= 11 is 0. The van der Waals surface area contributed by atoms with Gasteiger partial charge in [0.15, 0.2) is 11.4 Å². The summed E-state index contributed by atoms with van der Waals surface area (Å²) in [5.74, 6) is 0.329. The molecule has 1 aliphatic carbocycles. The van der Waals surface area contributed by atoms with E-state index in [1.54, 1.807) is 57.2 Å². The van der Waals surface area contributed by atoms with Gasteiger partial charge < -0.3 is 14.5 Å². The fourth-order valence-corrected chi connectivity index (χ4v) is 3.92. The van der Waals surface area contributed by atoms with Crippen LogP contribution in [0.1, 0.15) is 60.2 Å². The standard InChI is InChI=1S/C29H27N7O5/c1-29(2,3)41-28(39)35(14-18-4-5-18)25-12-20(10-11-31-25)27-33-24(17-40-27)26(38)32-23-15-36(34-22(23)13-30)21-8-6-19(16-37)7-9-21/h6-12,15-18H,4-5,14H2,1-3H3,(H,32,38). The van der Waals surface area contributed by atoms with Gasteiger partial charge >= 0.3 is 6.09 Å². The molecular weight excluding hydrogens is 526 g/mol. The molecule has 0 spiro atoms. The summed E-state index contributed by atoms with van der Waals surface area (Å²) in [5, 5.41) is 16.4. The number of ether oxygens (including phenoxy) is 1. The van der Waals surface area contributed by atoms with Gasteiger partial charge in [0, 0.05) is 23.9 Å². The first-order chi connectivity index (χ1) is 19.6. The van der Waals surface area contributed by atoms with Gasteiger partial charge in [-0.25, -0.2) is 19.4 Å². The molecule has 3 heterocycles. The molecule has 5 rings (SSSR count). The number of benzene rings is 1. The van der Waals surface area contributed by atoms with Crippen molar-refractivity contribution in [3.8, 4) is 23.2 Å². The van der Waals surface area contributed by atoms with Gasteiger partial charge in [0.05, 0.1) is 17.6 Å². The van der Waals surface area contributed by atoms with Crippen molar-refractivity contribution in [3.63, 3.8) is 0 Å². The van der Waals surface area contributed by atoms with Crippen molar-refractivity contribution < 1.29 is 23.5 Å². The maximum absolute atomic E-state index is 13.0. The Morgan fingerprint density at radius 1 is 1.24 bits per heavy atom. The van der Waals surface area contributed by atoms with Gasteiger partial charge in [-0.05, 0) is 75.9 Å². The number of amides is 2. The van der Waals surface area contributed by atoms with Crippen LogP contribution in [0.25, 0.3) is 17.1 Å². The van der Waals surface area contributed by atoms with Crippen LogP contribution in [0, 0.1) is 17.2 Å². The Morgan fingerprint density at radius 2 is 2.00 bits per heavy atom. The maximum atomic E-state index is 13.0. The summed E-state index contributed by atoms with van der Waals surface area (Å²) in [5.41, 5.74) is 1.11. The quantitative estimate of drug-likeness (QED) is 0.296. The predicted molar refractivity (Wildman–Crippen MR) is 148 cm³/mol. The zero-order chi connectivity index (χ0) is 29.1. The van der Waals surface area contributed by atoms with Gasteiger partial charge in [-0.15, -0.1) is 0 Å². The number of aldehydes is 1. The van der Waals surface area contributed by atoms with Gasteiger partial charge in [-0.2, -0.15) is 10.4 Å². The van der Waals surface area contributed by atoms with E-state index in [1.165, 1.54) is 28.2 Å². The second-order valence-corrected chi connectivity index (χ2v) is 10.6. The van der Waals surface area contributed by atoms with Gasteiger partial charge in [0.25, 0.3) is 5.91 Å². The monoisotopic (exact) mass is 553 g/mol. The molecular formula is C29H27N7O5. The van der Waals surface area contributed by atoms with Crippen molar-refractivity contribution in [1.29, 1.82) is 5.26 Å². The molecule has 0 unspecified atom stereocenters. The van der Waals surface area contributed by atoms with Crippen LogP contribution in [0.2, 0.25) is 0 Å². The van der Waals surface area contributed by atoms with Crippen molar-refractivity contribution in [2.24, 2.45) is 5.92 Å². The number of nitrogens with zero attached hydrogens (tertiary/aromatic N) is 6. The largest absolute Gasteiger partial charge is 0.444 e. The molecule has 2 amide bonds. The lowest BCUT2D eigenvalue weighted by Crippen LogP contribution is -2.38. The zero-order valence-electron chi connectivity index (χ0n) is 22.7. The Morgan fingerprint density at radius 3 is 2.66 bits per heavy atom. The van der Waals surface area contributed by atoms with E-state index in [2.05, 4.69) is 20.4 Å². The predicted octanol–water partition coefficient (Wildman–Crippen LogP) is 5.01. The summed E-state index contributed by atoms with van der Waals surface area (Å²) in [6.45, 7) is 5.90. The molecule has 1 fully saturated rings. The van der Waals surface area contributed by atoms with Gasteiger partial charge in [0.2, 0.25) is 5.89 Å². The molecule has 4 aromatic rings. The highest BCUT2D eigenvalue weighted by Crippen LogP contribution is 2.33. The van der Waals surface area contributed by atoms with E-state index in [1.807, 2.05) is 6.07 Å². The number of oxazole rings is 1. The fourth-order valence-electron chi connectivity index (χ4n) is 3.92. The number of carbonyl (C=O) groups excluding carboxylic acids is 3. The summed E-state index contributed by atoms with van der Waals surface area (Å²) in [6.07, 6.45) is 6.54. The number of carbonyl (C=O) groups is 3. The summed E-state index contributed by atoms with van der Waals surface area (Å²) in [4.78, 5) is 47.0.